The minimum atomic E-state index is -1.80. The topological polar surface area (TPSA) is 240 Å². The summed E-state index contributed by atoms with van der Waals surface area (Å²) < 4.78 is 59.1. The third kappa shape index (κ3) is 13.0. The van der Waals surface area contributed by atoms with Crippen molar-refractivity contribution in [2.24, 2.45) is 0 Å². The Balaban J connectivity index is 0.000000170. The van der Waals surface area contributed by atoms with Crippen LogP contribution in [-0.4, -0.2) is 112 Å². The highest BCUT2D eigenvalue weighted by Crippen LogP contribution is 2.44. The number of benzene rings is 1. The Hall–Kier alpha value is -6.33. The molecule has 6 heterocycles. The van der Waals surface area contributed by atoms with Crippen molar-refractivity contribution in [3.05, 3.63) is 82.0 Å². The van der Waals surface area contributed by atoms with Crippen LogP contribution in [0.25, 0.3) is 39.2 Å². The van der Waals surface area contributed by atoms with E-state index < -0.39 is 65.3 Å². The number of carbonyl (C=O) groups excluding carboxylic acids is 3. The molecule has 78 heavy (non-hydrogen) atoms. The number of aliphatic hydroxyl groups is 3. The molecule has 2 fully saturated rings. The first-order valence-corrected chi connectivity index (χ1v) is 26.3. The number of aryl methyl sites for hydroxylation is 2. The minimum Gasteiger partial charge on any atom is -0.387 e. The first-order valence-electron chi connectivity index (χ1n) is 25.6. The number of alkyl halides is 3. The van der Waals surface area contributed by atoms with Gasteiger partial charge in [-0.3, -0.25) is 44.0 Å². The molecule has 6 N–H and O–H groups in total. The van der Waals surface area contributed by atoms with Gasteiger partial charge in [0.2, 0.25) is 35.6 Å². The Kier molecular flexibility index (Phi) is 17.3. The Labute approximate surface area is 458 Å². The van der Waals surface area contributed by atoms with Gasteiger partial charge in [0.15, 0.2) is 16.9 Å². The first-order chi connectivity index (χ1) is 36.3. The summed E-state index contributed by atoms with van der Waals surface area (Å²) in [6.07, 6.45) is 0.116. The number of anilines is 3. The lowest BCUT2D eigenvalue weighted by Gasteiger charge is -2.40. The van der Waals surface area contributed by atoms with E-state index in [0.29, 0.717) is 61.4 Å². The Bertz CT molecular complexity index is 3350. The van der Waals surface area contributed by atoms with E-state index in [2.05, 4.69) is 59.7 Å². The molecule has 0 spiro atoms. The number of hydrogen-bond donors (Lipinski definition) is 6. The largest absolute Gasteiger partial charge is 0.387 e. The number of imidazole rings is 3. The lowest BCUT2D eigenvalue weighted by atomic mass is 9.78. The summed E-state index contributed by atoms with van der Waals surface area (Å²) in [5.41, 5.74) is -0.0740. The molecule has 0 bridgehead atoms. The van der Waals surface area contributed by atoms with Gasteiger partial charge in [-0.05, 0) is 168 Å². The molecule has 18 nitrogen and oxygen atoms in total. The van der Waals surface area contributed by atoms with Crippen molar-refractivity contribution in [2.45, 2.75) is 173 Å². The predicted octanol–water partition coefficient (Wildman–Crippen LogP) is 10.5. The molecule has 24 heteroatoms. The predicted molar refractivity (Wildman–Crippen MR) is 292 cm³/mol. The van der Waals surface area contributed by atoms with Crippen molar-refractivity contribution in [1.82, 2.24) is 43.6 Å². The van der Waals surface area contributed by atoms with Crippen molar-refractivity contribution in [1.29, 1.82) is 0 Å². The summed E-state index contributed by atoms with van der Waals surface area (Å²) in [4.78, 5) is 63.7. The fourth-order valence-corrected chi connectivity index (χ4v) is 9.18. The van der Waals surface area contributed by atoms with Crippen molar-refractivity contribution in [3.8, 4) is 5.69 Å². The number of carbonyl (C=O) groups is 3. The van der Waals surface area contributed by atoms with E-state index in [-0.39, 0.29) is 29.9 Å². The number of halogens is 6. The maximum atomic E-state index is 13.5. The number of aromatic nitrogens is 9. The maximum Gasteiger partial charge on any atom is 0.229 e. The molecule has 6 aromatic heterocycles. The number of nitrogens with zero attached hydrogens (tertiary/aromatic N) is 9. The van der Waals surface area contributed by atoms with E-state index in [1.54, 1.807) is 28.8 Å². The average molecular weight is 1130 g/mol. The number of pyridine rings is 3. The van der Waals surface area contributed by atoms with E-state index in [0.717, 1.165) is 49.8 Å². The molecule has 2 saturated carbocycles. The van der Waals surface area contributed by atoms with Gasteiger partial charge in [-0.25, -0.2) is 47.5 Å². The van der Waals surface area contributed by atoms with Gasteiger partial charge in [0.25, 0.3) is 0 Å². The summed E-state index contributed by atoms with van der Waals surface area (Å²) in [5.74, 6) is -1.14. The molecule has 420 valence electrons. The van der Waals surface area contributed by atoms with Crippen LogP contribution in [0.15, 0.2) is 54.6 Å². The zero-order valence-corrected chi connectivity index (χ0v) is 46.7. The summed E-state index contributed by atoms with van der Waals surface area (Å²) in [7, 11) is 0. The normalized spacial score (nSPS) is 18.0. The molecule has 2 aliphatic rings. The summed E-state index contributed by atoms with van der Waals surface area (Å²) in [6.45, 7) is 15.3. The number of fused-ring (bicyclic) bond motifs is 3. The molecular formula is C54H66Cl2F4N12O6. The van der Waals surface area contributed by atoms with E-state index in [4.69, 9.17) is 23.2 Å². The van der Waals surface area contributed by atoms with Crippen LogP contribution in [0, 0.1) is 19.7 Å². The molecule has 0 radical (unpaired) electrons. The second kappa shape index (κ2) is 22.8. The van der Waals surface area contributed by atoms with Gasteiger partial charge in [0, 0.05) is 16.8 Å². The smallest absolute Gasteiger partial charge is 0.229 e. The highest BCUT2D eigenvalue weighted by atomic mass is 35.5. The van der Waals surface area contributed by atoms with E-state index >= 15 is 0 Å². The van der Waals surface area contributed by atoms with Crippen LogP contribution in [-0.2, 0) is 25.5 Å². The fourth-order valence-electron chi connectivity index (χ4n) is 8.90. The van der Waals surface area contributed by atoms with Crippen LogP contribution in [0.5, 0.6) is 0 Å². The van der Waals surface area contributed by atoms with Crippen molar-refractivity contribution in [2.75, 3.05) is 16.0 Å². The van der Waals surface area contributed by atoms with Crippen LogP contribution < -0.4 is 16.0 Å². The number of hydrogen-bond acceptors (Lipinski definition) is 12. The Morgan fingerprint density at radius 2 is 1.01 bits per heavy atom. The van der Waals surface area contributed by atoms with Crippen LogP contribution in [0.4, 0.5) is 35.4 Å². The van der Waals surface area contributed by atoms with Crippen molar-refractivity contribution >= 4 is 92.3 Å². The zero-order chi connectivity index (χ0) is 57.4. The van der Waals surface area contributed by atoms with E-state index in [1.807, 2.05) is 29.0 Å². The Morgan fingerprint density at radius 1 is 0.603 bits per heavy atom. The highest BCUT2D eigenvalue weighted by Gasteiger charge is 2.41. The van der Waals surface area contributed by atoms with Crippen LogP contribution in [0.1, 0.15) is 124 Å². The van der Waals surface area contributed by atoms with Crippen LogP contribution >= 0.6 is 23.2 Å². The molecule has 6 unspecified atom stereocenters. The zero-order valence-electron chi connectivity index (χ0n) is 45.2. The second-order valence-electron chi connectivity index (χ2n) is 21.8. The third-order valence-corrected chi connectivity index (χ3v) is 15.4. The second-order valence-corrected chi connectivity index (χ2v) is 22.5. The molecule has 7 aromatic rings. The highest BCUT2D eigenvalue weighted by molar-refractivity contribution is 6.30. The summed E-state index contributed by atoms with van der Waals surface area (Å²) >= 11 is 12.2. The molecular weight excluding hydrogens is 1060 g/mol. The summed E-state index contributed by atoms with van der Waals surface area (Å²) in [6, 6.07) is 14.4. The Morgan fingerprint density at radius 3 is 1.46 bits per heavy atom. The van der Waals surface area contributed by atoms with Crippen molar-refractivity contribution in [3.63, 3.8) is 0 Å². The molecule has 0 aliphatic heterocycles. The fraction of sp³-hybridized carbons (Fsp3) is 0.500. The van der Waals surface area contributed by atoms with Gasteiger partial charge >= 0.3 is 0 Å². The monoisotopic (exact) mass is 1120 g/mol. The number of amides is 3. The van der Waals surface area contributed by atoms with Gasteiger partial charge in [-0.15, -0.1) is 0 Å². The third-order valence-electron chi connectivity index (χ3n) is 14.8. The first kappa shape index (κ1) is 59.3. The van der Waals surface area contributed by atoms with Gasteiger partial charge < -0.3 is 15.3 Å². The number of nitrogens with one attached hydrogen (secondary N) is 3. The molecule has 3 amide bonds. The van der Waals surface area contributed by atoms with Gasteiger partial charge in [0.1, 0.15) is 68.0 Å². The van der Waals surface area contributed by atoms with Crippen LogP contribution in [0.2, 0.25) is 10.3 Å². The molecule has 1 aromatic carbocycles. The lowest BCUT2D eigenvalue weighted by Crippen LogP contribution is -2.40. The average Bonchev–Trinajstić information content (AvgIpc) is 4.12. The molecule has 6 atom stereocenters. The van der Waals surface area contributed by atoms with Gasteiger partial charge in [-0.1, -0.05) is 23.2 Å². The van der Waals surface area contributed by atoms with Crippen molar-refractivity contribution < 1.29 is 47.3 Å². The maximum absolute atomic E-state index is 13.5. The molecule has 2 aliphatic carbocycles. The van der Waals surface area contributed by atoms with Gasteiger partial charge in [0.05, 0.1) is 24.9 Å². The van der Waals surface area contributed by atoms with Gasteiger partial charge in [-0.2, -0.15) is 0 Å². The quantitative estimate of drug-likeness (QED) is 0.0415. The van der Waals surface area contributed by atoms with E-state index in [1.165, 1.54) is 65.8 Å². The minimum absolute atomic E-state index is 0.155. The molecule has 9 rings (SSSR count). The lowest BCUT2D eigenvalue weighted by molar-refractivity contribution is -0.124. The SMILES string of the molecule is CC(F)C(C)(O)CC(=O)Nc1nc2ccc(Cl)nc2n1C1(C)CCC1.Cc1cc2nc(NC(=O)CC(C)(O)C(C)F)n(C3(C)CCC3)c2nc1Cl.Cc1ccc2nc(NC(=O)CC(C)(O)C(C)F)n(-c3ccc(F)cc3)c2n1. The molecule has 0 saturated heterocycles. The number of rotatable bonds is 15. The van der Waals surface area contributed by atoms with Crippen LogP contribution in [0.3, 0.4) is 0 Å². The summed E-state index contributed by atoms with van der Waals surface area (Å²) in [5, 5.41) is 38.9. The standard InChI is InChI=1S/C19H20F2N4O2.C18H24ClFN4O2.C17H22ClFN4O2/c1-11-4-9-15-17(22-11)25(14-7-5-13(21)6-8-14)18(23-15)24-16(26)10-19(3,27)12(2)20;1-10-8-12-15(23-14(10)19)24(17(3)6-5-7-17)16(21-12)22-13(25)9-18(4,26)11(2)20;1-10(19)17(3,25)9-13(24)22-15-20-11-5-6-12(18)21-14(11)23(15)16(2)7-4-8-16/h4-9,12,27H,10H2,1-3H3,(H,23,24,26);8,11,26H,5-7,9H2,1-4H3,(H,21,22,25);5-6,10,25H,4,7-9H2,1-3H3,(H,20,22,24). The van der Waals surface area contributed by atoms with E-state index in [9.17, 15) is 47.3 Å².